The third kappa shape index (κ3) is 5.36. The Balaban J connectivity index is 1.74. The quantitative estimate of drug-likeness (QED) is 0.390. The van der Waals surface area contributed by atoms with Crippen LogP contribution in [0, 0.1) is 0 Å². The number of hydrogen-bond acceptors (Lipinski definition) is 7. The lowest BCUT2D eigenvalue weighted by Crippen LogP contribution is -2.48. The molecule has 2 aromatic heterocycles. The van der Waals surface area contributed by atoms with Gasteiger partial charge < -0.3 is 14.6 Å². The second-order valence-electron chi connectivity index (χ2n) is 7.52. The highest BCUT2D eigenvalue weighted by atomic mass is 35.5. The first kappa shape index (κ1) is 24.5. The molecule has 0 fully saturated rings. The number of aromatic nitrogens is 4. The molecule has 0 aliphatic heterocycles. The van der Waals surface area contributed by atoms with Crippen LogP contribution in [0.5, 0.6) is 17.4 Å². The SMILES string of the molecule is COc1cc(/N=c2\[nH]c(=O)n(C)c(=O)n2Cc2ccc(Cl)cc2)ccc1Oc1cccc(C(=O)O)n1. The van der Waals surface area contributed by atoms with E-state index >= 15 is 0 Å². The van der Waals surface area contributed by atoms with E-state index < -0.39 is 17.3 Å². The number of hydrogen-bond donors (Lipinski definition) is 2. The number of nitrogens with zero attached hydrogens (tertiary/aromatic N) is 4. The number of nitrogens with one attached hydrogen (secondary N) is 1. The van der Waals surface area contributed by atoms with Crippen molar-refractivity contribution in [3.05, 3.63) is 104 Å². The molecular formula is C24H20ClN5O6. The topological polar surface area (TPSA) is 141 Å². The van der Waals surface area contributed by atoms with E-state index in [9.17, 15) is 14.4 Å². The molecule has 0 saturated heterocycles. The molecule has 4 aromatic rings. The smallest absolute Gasteiger partial charge is 0.354 e. The number of H-pyrrole nitrogens is 1. The number of rotatable bonds is 7. The minimum atomic E-state index is -1.18. The van der Waals surface area contributed by atoms with Crippen LogP contribution < -0.4 is 26.5 Å². The van der Waals surface area contributed by atoms with Crippen molar-refractivity contribution in [2.75, 3.05) is 7.11 Å². The highest BCUT2D eigenvalue weighted by Crippen LogP contribution is 2.34. The molecule has 0 amide bonds. The Hall–Kier alpha value is -4.64. The number of carboxylic acid groups (broad SMARTS) is 1. The lowest BCUT2D eigenvalue weighted by atomic mass is 10.2. The van der Waals surface area contributed by atoms with Crippen LogP contribution in [-0.4, -0.2) is 37.3 Å². The zero-order valence-corrected chi connectivity index (χ0v) is 19.9. The van der Waals surface area contributed by atoms with Crippen molar-refractivity contribution in [3.63, 3.8) is 0 Å². The lowest BCUT2D eigenvalue weighted by Gasteiger charge is -2.11. The van der Waals surface area contributed by atoms with Crippen molar-refractivity contribution in [1.29, 1.82) is 0 Å². The van der Waals surface area contributed by atoms with Gasteiger partial charge in [0.1, 0.15) is 0 Å². The monoisotopic (exact) mass is 509 g/mol. The third-order valence-corrected chi connectivity index (χ3v) is 5.34. The second-order valence-corrected chi connectivity index (χ2v) is 7.96. The predicted molar refractivity (Wildman–Crippen MR) is 130 cm³/mol. The maximum Gasteiger partial charge on any atom is 0.354 e. The molecule has 0 atom stereocenters. The number of aromatic carboxylic acids is 1. The minimum Gasteiger partial charge on any atom is -0.493 e. The number of carbonyl (C=O) groups is 1. The fourth-order valence-electron chi connectivity index (χ4n) is 3.24. The molecular weight excluding hydrogens is 490 g/mol. The van der Waals surface area contributed by atoms with Crippen molar-refractivity contribution in [3.8, 4) is 17.4 Å². The molecule has 0 aliphatic rings. The largest absolute Gasteiger partial charge is 0.493 e. The van der Waals surface area contributed by atoms with Gasteiger partial charge in [0.2, 0.25) is 11.5 Å². The summed E-state index contributed by atoms with van der Waals surface area (Å²) >= 11 is 5.95. The Morgan fingerprint density at radius 3 is 2.56 bits per heavy atom. The maximum absolute atomic E-state index is 12.9. The Labute approximate surface area is 208 Å². The van der Waals surface area contributed by atoms with Gasteiger partial charge in [-0.25, -0.2) is 28.9 Å². The number of pyridine rings is 1. The molecule has 11 nitrogen and oxygen atoms in total. The van der Waals surface area contributed by atoms with Crippen LogP contribution in [0.15, 0.2) is 75.2 Å². The van der Waals surface area contributed by atoms with E-state index in [1.165, 1.54) is 36.9 Å². The van der Waals surface area contributed by atoms with Crippen LogP contribution in [0.25, 0.3) is 0 Å². The Morgan fingerprint density at radius 2 is 1.86 bits per heavy atom. The van der Waals surface area contributed by atoms with E-state index in [1.54, 1.807) is 42.5 Å². The molecule has 2 aromatic carbocycles. The van der Waals surface area contributed by atoms with Gasteiger partial charge in [0.25, 0.3) is 0 Å². The summed E-state index contributed by atoms with van der Waals surface area (Å²) in [7, 11) is 2.79. The van der Waals surface area contributed by atoms with Gasteiger partial charge >= 0.3 is 17.3 Å². The molecule has 0 aliphatic carbocycles. The summed E-state index contributed by atoms with van der Waals surface area (Å²) < 4.78 is 13.4. The number of carboxylic acids is 1. The molecule has 2 heterocycles. The van der Waals surface area contributed by atoms with E-state index in [0.29, 0.717) is 10.7 Å². The molecule has 0 bridgehead atoms. The third-order valence-electron chi connectivity index (χ3n) is 5.09. The molecule has 4 rings (SSSR count). The second kappa shape index (κ2) is 10.3. The first-order valence-corrected chi connectivity index (χ1v) is 10.9. The van der Waals surface area contributed by atoms with Gasteiger partial charge in [0.05, 0.1) is 19.3 Å². The van der Waals surface area contributed by atoms with Gasteiger partial charge in [-0.2, -0.15) is 0 Å². The fraction of sp³-hybridized carbons (Fsp3) is 0.125. The number of halogens is 1. The van der Waals surface area contributed by atoms with Gasteiger partial charge in [-0.1, -0.05) is 29.8 Å². The lowest BCUT2D eigenvalue weighted by molar-refractivity contribution is 0.0689. The van der Waals surface area contributed by atoms with E-state index in [1.807, 2.05) is 0 Å². The van der Waals surface area contributed by atoms with Gasteiger partial charge in [-0.15, -0.1) is 0 Å². The average molecular weight is 510 g/mol. The highest BCUT2D eigenvalue weighted by Gasteiger charge is 2.12. The van der Waals surface area contributed by atoms with Gasteiger partial charge in [0.15, 0.2) is 17.2 Å². The number of benzene rings is 2. The van der Waals surface area contributed by atoms with Crippen LogP contribution in [0.2, 0.25) is 5.02 Å². The van der Waals surface area contributed by atoms with Gasteiger partial charge in [0, 0.05) is 24.2 Å². The normalized spacial score (nSPS) is 11.4. The standard InChI is InChI=1S/C24H20ClN5O6/c1-29-23(33)28-22(30(24(29)34)13-14-6-8-15(25)9-7-14)26-16-10-11-18(19(12-16)35-2)36-20-5-3-4-17(27-20)21(31)32/h3-12H,13H2,1-2H3,(H,31,32)(H,26,28,33). The van der Waals surface area contributed by atoms with E-state index in [-0.39, 0.29) is 35.2 Å². The fourth-order valence-corrected chi connectivity index (χ4v) is 3.37. The van der Waals surface area contributed by atoms with E-state index in [2.05, 4.69) is 15.0 Å². The summed E-state index contributed by atoms with van der Waals surface area (Å²) in [5.41, 5.74) is -0.170. The molecule has 184 valence electrons. The van der Waals surface area contributed by atoms with E-state index in [0.717, 1.165) is 10.1 Å². The van der Waals surface area contributed by atoms with Crippen molar-refractivity contribution in [2.24, 2.45) is 12.0 Å². The highest BCUT2D eigenvalue weighted by molar-refractivity contribution is 6.30. The maximum atomic E-state index is 12.9. The van der Waals surface area contributed by atoms with Gasteiger partial charge in [-0.3, -0.25) is 9.55 Å². The van der Waals surface area contributed by atoms with Gasteiger partial charge in [-0.05, 0) is 35.9 Å². The molecule has 0 radical (unpaired) electrons. The van der Waals surface area contributed by atoms with E-state index in [4.69, 9.17) is 26.2 Å². The summed E-state index contributed by atoms with van der Waals surface area (Å²) in [6.07, 6.45) is 0. The van der Waals surface area contributed by atoms with Crippen molar-refractivity contribution in [2.45, 2.75) is 6.54 Å². The summed E-state index contributed by atoms with van der Waals surface area (Å²) in [4.78, 5) is 47.3. The first-order valence-electron chi connectivity index (χ1n) is 10.5. The molecule has 0 saturated carbocycles. The van der Waals surface area contributed by atoms with Crippen LogP contribution in [0.1, 0.15) is 16.1 Å². The molecule has 0 unspecified atom stereocenters. The summed E-state index contributed by atoms with van der Waals surface area (Å²) in [5.74, 6) is -0.585. The van der Waals surface area contributed by atoms with Crippen molar-refractivity contribution < 1.29 is 19.4 Å². The van der Waals surface area contributed by atoms with Crippen LogP contribution in [-0.2, 0) is 13.6 Å². The summed E-state index contributed by atoms with van der Waals surface area (Å²) in [6.45, 7) is 0.142. The zero-order chi connectivity index (χ0) is 25.8. The van der Waals surface area contributed by atoms with Crippen LogP contribution >= 0.6 is 11.6 Å². The number of ether oxygens (including phenoxy) is 2. The summed E-state index contributed by atoms with van der Waals surface area (Å²) in [6, 6.07) is 16.0. The molecule has 0 spiro atoms. The molecule has 2 N–H and O–H groups in total. The number of aromatic amines is 1. The Morgan fingerprint density at radius 1 is 1.11 bits per heavy atom. The zero-order valence-electron chi connectivity index (χ0n) is 19.1. The molecule has 36 heavy (non-hydrogen) atoms. The number of methoxy groups -OCH3 is 1. The molecule has 12 heteroatoms. The Kier molecular flexibility index (Phi) is 7.02. The minimum absolute atomic E-state index is 0.0320. The van der Waals surface area contributed by atoms with Crippen LogP contribution in [0.3, 0.4) is 0 Å². The predicted octanol–water partition coefficient (Wildman–Crippen LogP) is 2.70. The Bertz CT molecular complexity index is 1620. The van der Waals surface area contributed by atoms with Crippen molar-refractivity contribution >= 4 is 23.3 Å². The first-order chi connectivity index (χ1) is 17.2. The summed E-state index contributed by atoms with van der Waals surface area (Å²) in [5, 5.41) is 9.68. The average Bonchev–Trinajstić information content (AvgIpc) is 2.87. The van der Waals surface area contributed by atoms with Crippen LogP contribution in [0.4, 0.5) is 5.69 Å². The van der Waals surface area contributed by atoms with Crippen molar-refractivity contribution in [1.82, 2.24) is 19.1 Å².